The van der Waals surface area contributed by atoms with Crippen LogP contribution in [0.1, 0.15) is 0 Å². The monoisotopic (exact) mass is 369 g/mol. The molecule has 0 aliphatic carbocycles. The van der Waals surface area contributed by atoms with Gasteiger partial charge >= 0.3 is 5.97 Å². The Morgan fingerprint density at radius 3 is 2.33 bits per heavy atom. The Bertz CT molecular complexity index is 824. The molecular formula is C16H16ClNO5S. The molecule has 0 fully saturated rings. The van der Waals surface area contributed by atoms with Gasteiger partial charge < -0.3 is 9.47 Å². The molecule has 128 valence electrons. The summed E-state index contributed by atoms with van der Waals surface area (Å²) in [5.41, 5.74) is 0.232. The Labute approximate surface area is 145 Å². The number of carbonyl (C=O) groups excluding carboxylic acids is 1. The number of benzene rings is 2. The summed E-state index contributed by atoms with van der Waals surface area (Å²) in [7, 11) is -1.32. The second-order valence-corrected chi connectivity index (χ2v) is 6.99. The largest absolute Gasteiger partial charge is 0.495 e. The highest BCUT2D eigenvalue weighted by atomic mass is 35.5. The van der Waals surface area contributed by atoms with Gasteiger partial charge in [-0.1, -0.05) is 29.8 Å². The summed E-state index contributed by atoms with van der Waals surface area (Å²) in [5.74, 6) is -0.294. The molecule has 0 aromatic heterocycles. The smallest absolute Gasteiger partial charge is 0.326 e. The highest BCUT2D eigenvalue weighted by molar-refractivity contribution is 7.92. The zero-order chi connectivity index (χ0) is 17.7. The molecule has 0 saturated heterocycles. The van der Waals surface area contributed by atoms with E-state index >= 15 is 0 Å². The standard InChI is InChI=1S/C16H16ClNO5S/c1-22-15-9-8-12(10-14(15)17)18(11-16(19)23-2)24(20,21)13-6-4-3-5-7-13/h3-10H,11H2,1-2H3. The maximum Gasteiger partial charge on any atom is 0.326 e. The maximum atomic E-state index is 12.9. The van der Waals surface area contributed by atoms with Crippen LogP contribution in [0, 0.1) is 0 Å². The first-order chi connectivity index (χ1) is 11.4. The fraction of sp³-hybridized carbons (Fsp3) is 0.188. The van der Waals surface area contributed by atoms with Crippen LogP contribution in [0.5, 0.6) is 5.75 Å². The Morgan fingerprint density at radius 2 is 1.79 bits per heavy atom. The number of methoxy groups -OCH3 is 2. The van der Waals surface area contributed by atoms with Gasteiger partial charge in [0.15, 0.2) is 0 Å². The minimum atomic E-state index is -3.96. The molecule has 2 aromatic rings. The van der Waals surface area contributed by atoms with Gasteiger partial charge in [-0.3, -0.25) is 9.10 Å². The zero-order valence-corrected chi connectivity index (χ0v) is 14.7. The molecule has 2 aromatic carbocycles. The Balaban J connectivity index is 2.53. The third-order valence-electron chi connectivity index (χ3n) is 3.25. The molecule has 8 heteroatoms. The first-order valence-electron chi connectivity index (χ1n) is 6.88. The van der Waals surface area contributed by atoms with E-state index in [9.17, 15) is 13.2 Å². The molecule has 0 aliphatic heterocycles. The molecular weight excluding hydrogens is 354 g/mol. The number of halogens is 1. The normalized spacial score (nSPS) is 11.0. The summed E-state index contributed by atoms with van der Waals surface area (Å²) < 4.78 is 36.4. The lowest BCUT2D eigenvalue weighted by Gasteiger charge is -2.23. The predicted octanol–water partition coefficient (Wildman–Crippen LogP) is 2.72. The van der Waals surface area contributed by atoms with Crippen LogP contribution < -0.4 is 9.04 Å². The average Bonchev–Trinajstić information content (AvgIpc) is 2.60. The van der Waals surface area contributed by atoms with Crippen molar-refractivity contribution in [3.63, 3.8) is 0 Å². The summed E-state index contributed by atoms with van der Waals surface area (Å²) in [6.45, 7) is -0.476. The number of hydrogen-bond acceptors (Lipinski definition) is 5. The second-order valence-electron chi connectivity index (χ2n) is 4.72. The van der Waals surface area contributed by atoms with E-state index in [0.29, 0.717) is 5.75 Å². The second kappa shape index (κ2) is 7.55. The molecule has 0 spiro atoms. The van der Waals surface area contributed by atoms with Crippen molar-refractivity contribution in [2.75, 3.05) is 25.1 Å². The number of esters is 1. The van der Waals surface area contributed by atoms with Gasteiger partial charge in [0.25, 0.3) is 10.0 Å². The molecule has 0 amide bonds. The molecule has 6 nitrogen and oxygen atoms in total. The fourth-order valence-electron chi connectivity index (χ4n) is 2.03. The van der Waals surface area contributed by atoms with Gasteiger partial charge in [0.2, 0.25) is 0 Å². The molecule has 0 aliphatic rings. The number of hydrogen-bond donors (Lipinski definition) is 0. The highest BCUT2D eigenvalue weighted by Crippen LogP contribution is 2.31. The Kier molecular flexibility index (Phi) is 5.69. The average molecular weight is 370 g/mol. The van der Waals surface area contributed by atoms with Crippen LogP contribution in [0.4, 0.5) is 5.69 Å². The van der Waals surface area contributed by atoms with Crippen molar-refractivity contribution in [3.05, 3.63) is 53.6 Å². The van der Waals surface area contributed by atoms with Crippen LogP contribution >= 0.6 is 11.6 Å². The van der Waals surface area contributed by atoms with E-state index in [-0.39, 0.29) is 15.6 Å². The van der Waals surface area contributed by atoms with E-state index in [0.717, 1.165) is 4.31 Å². The SMILES string of the molecule is COC(=O)CN(c1ccc(OC)c(Cl)c1)S(=O)(=O)c1ccccc1. The summed E-state index contributed by atoms with van der Waals surface area (Å²) in [4.78, 5) is 11.8. The number of ether oxygens (including phenoxy) is 2. The first kappa shape index (κ1) is 18.1. The number of sulfonamides is 1. The third-order valence-corrected chi connectivity index (χ3v) is 5.34. The van der Waals surface area contributed by atoms with Crippen LogP contribution in [0.2, 0.25) is 5.02 Å². The van der Waals surface area contributed by atoms with Crippen LogP contribution in [-0.2, 0) is 19.6 Å². The summed E-state index contributed by atoms with van der Waals surface area (Å²) in [6, 6.07) is 12.3. The molecule has 24 heavy (non-hydrogen) atoms. The zero-order valence-electron chi connectivity index (χ0n) is 13.1. The van der Waals surface area contributed by atoms with Crippen molar-refractivity contribution in [1.82, 2.24) is 0 Å². The Hall–Kier alpha value is -2.25. The van der Waals surface area contributed by atoms with E-state index in [1.165, 1.54) is 44.6 Å². The van der Waals surface area contributed by atoms with E-state index in [2.05, 4.69) is 4.74 Å². The molecule has 2 rings (SSSR count). The lowest BCUT2D eigenvalue weighted by atomic mass is 10.3. The van der Waals surface area contributed by atoms with Gasteiger partial charge in [-0.05, 0) is 30.3 Å². The molecule has 0 N–H and O–H groups in total. The molecule has 0 heterocycles. The van der Waals surface area contributed by atoms with Crippen molar-refractivity contribution in [2.45, 2.75) is 4.90 Å². The van der Waals surface area contributed by atoms with Crippen LogP contribution in [0.25, 0.3) is 0 Å². The lowest BCUT2D eigenvalue weighted by Crippen LogP contribution is -2.36. The highest BCUT2D eigenvalue weighted by Gasteiger charge is 2.27. The van der Waals surface area contributed by atoms with Gasteiger partial charge in [-0.15, -0.1) is 0 Å². The first-order valence-corrected chi connectivity index (χ1v) is 8.70. The predicted molar refractivity (Wildman–Crippen MR) is 91.0 cm³/mol. The minimum Gasteiger partial charge on any atom is -0.495 e. The number of anilines is 1. The van der Waals surface area contributed by atoms with E-state index < -0.39 is 22.5 Å². The molecule has 0 saturated carbocycles. The maximum absolute atomic E-state index is 12.9. The van der Waals surface area contributed by atoms with E-state index in [1.807, 2.05) is 0 Å². The topological polar surface area (TPSA) is 72.9 Å². The molecule has 0 bridgehead atoms. The summed E-state index contributed by atoms with van der Waals surface area (Å²) in [5, 5.41) is 0.230. The number of rotatable bonds is 6. The molecule has 0 unspecified atom stereocenters. The van der Waals surface area contributed by atoms with Crippen LogP contribution in [0.15, 0.2) is 53.4 Å². The van der Waals surface area contributed by atoms with Crippen LogP contribution in [-0.4, -0.2) is 35.2 Å². The number of carbonyl (C=O) groups is 1. The van der Waals surface area contributed by atoms with Crippen molar-refractivity contribution in [3.8, 4) is 5.75 Å². The fourth-order valence-corrected chi connectivity index (χ4v) is 3.70. The van der Waals surface area contributed by atoms with Crippen molar-refractivity contribution < 1.29 is 22.7 Å². The van der Waals surface area contributed by atoms with Crippen LogP contribution in [0.3, 0.4) is 0 Å². The van der Waals surface area contributed by atoms with Crippen molar-refractivity contribution in [2.24, 2.45) is 0 Å². The van der Waals surface area contributed by atoms with E-state index in [4.69, 9.17) is 16.3 Å². The van der Waals surface area contributed by atoms with Crippen molar-refractivity contribution in [1.29, 1.82) is 0 Å². The van der Waals surface area contributed by atoms with Crippen molar-refractivity contribution >= 4 is 33.3 Å². The van der Waals surface area contributed by atoms with Gasteiger partial charge in [0.1, 0.15) is 12.3 Å². The Morgan fingerprint density at radius 1 is 1.12 bits per heavy atom. The summed E-state index contributed by atoms with van der Waals surface area (Å²) >= 11 is 6.08. The lowest BCUT2D eigenvalue weighted by molar-refractivity contribution is -0.138. The minimum absolute atomic E-state index is 0.0563. The summed E-state index contributed by atoms with van der Waals surface area (Å²) in [6.07, 6.45) is 0. The van der Waals surface area contributed by atoms with Gasteiger partial charge in [-0.25, -0.2) is 8.42 Å². The van der Waals surface area contributed by atoms with Gasteiger partial charge in [0, 0.05) is 0 Å². The molecule has 0 radical (unpaired) electrons. The third kappa shape index (κ3) is 3.80. The molecule has 0 atom stereocenters. The van der Waals surface area contributed by atoms with E-state index in [1.54, 1.807) is 18.2 Å². The quantitative estimate of drug-likeness (QED) is 0.732. The van der Waals surface area contributed by atoms with Gasteiger partial charge in [-0.2, -0.15) is 0 Å². The number of nitrogens with zero attached hydrogens (tertiary/aromatic N) is 1. The van der Waals surface area contributed by atoms with Gasteiger partial charge in [0.05, 0.1) is 29.8 Å².